The van der Waals surface area contributed by atoms with Crippen LogP contribution in [-0.4, -0.2) is 0 Å². The first-order chi connectivity index (χ1) is 25.6. The van der Waals surface area contributed by atoms with Crippen molar-refractivity contribution < 1.29 is 0 Å². The molecule has 0 aliphatic rings. The Bertz CT molecular complexity index is 3510. The lowest BCUT2D eigenvalue weighted by Crippen LogP contribution is -1.99. The van der Waals surface area contributed by atoms with E-state index in [1.807, 2.05) is 0 Å². The zero-order chi connectivity index (χ0) is 34.3. The molecule has 0 saturated carbocycles. The van der Waals surface area contributed by atoms with Crippen molar-refractivity contribution in [3.05, 3.63) is 141 Å². The summed E-state index contributed by atoms with van der Waals surface area (Å²) in [5.74, 6) is 0. The van der Waals surface area contributed by atoms with Crippen LogP contribution in [0, 0.1) is 0 Å². The van der Waals surface area contributed by atoms with Gasteiger partial charge in [0.25, 0.3) is 0 Å². The molecule has 0 heterocycles. The van der Waals surface area contributed by atoms with Gasteiger partial charge >= 0.3 is 0 Å². The molecule has 0 spiro atoms. The van der Waals surface area contributed by atoms with E-state index in [0.717, 1.165) is 32.3 Å². The normalized spacial score (nSPS) is 13.0. The van der Waals surface area contributed by atoms with Gasteiger partial charge < -0.3 is 0 Å². The van der Waals surface area contributed by atoms with Gasteiger partial charge in [-0.05, 0) is 97.0 Å². The molecule has 0 fully saturated rings. The minimum Gasteiger partial charge on any atom is -0.0819 e. The Kier molecular flexibility index (Phi) is 5.19. The molecular formula is C48H20Cl4. The predicted octanol–water partition coefficient (Wildman–Crippen LogP) is 16.5. The van der Waals surface area contributed by atoms with Gasteiger partial charge in [0, 0.05) is 32.3 Å². The van der Waals surface area contributed by atoms with Gasteiger partial charge in [-0.25, -0.2) is 0 Å². The second-order valence-electron chi connectivity index (χ2n) is 14.2. The van der Waals surface area contributed by atoms with Gasteiger partial charge in [0.15, 0.2) is 0 Å². The third-order valence-electron chi connectivity index (χ3n) is 12.1. The maximum Gasteiger partial charge on any atom is 0.0800 e. The van der Waals surface area contributed by atoms with Crippen LogP contribution in [0.4, 0.5) is 0 Å². The van der Waals surface area contributed by atoms with E-state index in [-0.39, 0.29) is 10.0 Å². The van der Waals surface area contributed by atoms with Gasteiger partial charge in [-0.1, -0.05) is 168 Å². The third-order valence-corrected chi connectivity index (χ3v) is 13.9. The van der Waals surface area contributed by atoms with Gasteiger partial charge in [0.05, 0.1) is 20.1 Å². The van der Waals surface area contributed by atoms with Crippen molar-refractivity contribution in [2.45, 2.75) is 0 Å². The molecule has 52 heavy (non-hydrogen) atoms. The summed E-state index contributed by atoms with van der Waals surface area (Å²) < 4.78 is 0. The van der Waals surface area contributed by atoms with Crippen LogP contribution in [0.25, 0.3) is 129 Å². The molecule has 0 aliphatic heterocycles. The summed E-state index contributed by atoms with van der Waals surface area (Å²) in [6, 6.07) is 44.4. The molecule has 0 N–H and O–H groups in total. The van der Waals surface area contributed by atoms with Crippen LogP contribution in [0.5, 0.6) is 0 Å². The highest BCUT2D eigenvalue weighted by molar-refractivity contribution is 6.64. The molecule has 4 heteroatoms. The zero-order valence-electron chi connectivity index (χ0n) is 27.1. The van der Waals surface area contributed by atoms with Crippen molar-refractivity contribution in [3.63, 3.8) is 0 Å². The minimum absolute atomic E-state index is 0.274. The molecule has 0 unspecified atom stereocenters. The Morgan fingerprint density at radius 3 is 0.558 bits per heavy atom. The lowest BCUT2D eigenvalue weighted by atomic mass is 9.74. The van der Waals surface area contributed by atoms with E-state index >= 15 is 0 Å². The summed E-state index contributed by atoms with van der Waals surface area (Å²) in [4.78, 5) is 0. The van der Waals surface area contributed by atoms with Crippen LogP contribution in [0.15, 0.2) is 121 Å². The number of halogens is 4. The van der Waals surface area contributed by atoms with Crippen LogP contribution < -0.4 is 0 Å². The van der Waals surface area contributed by atoms with Crippen molar-refractivity contribution in [1.29, 1.82) is 0 Å². The van der Waals surface area contributed by atoms with E-state index in [4.69, 9.17) is 46.4 Å². The molecule has 13 aromatic carbocycles. The Balaban J connectivity index is 1.62. The predicted molar refractivity (Wildman–Crippen MR) is 230 cm³/mol. The highest BCUT2D eigenvalue weighted by Gasteiger charge is 2.32. The Labute approximate surface area is 315 Å². The smallest absolute Gasteiger partial charge is 0.0800 e. The average Bonchev–Trinajstić information content (AvgIpc) is 3.20. The fraction of sp³-hybridized carbons (Fsp3) is 0. The van der Waals surface area contributed by atoms with Crippen molar-refractivity contribution in [2.24, 2.45) is 0 Å². The highest BCUT2D eigenvalue weighted by Crippen LogP contribution is 2.61. The molecule has 0 saturated heterocycles. The summed E-state index contributed by atoms with van der Waals surface area (Å²) in [5, 5.41) is 29.8. The monoisotopic (exact) mass is 736 g/mol. The summed E-state index contributed by atoms with van der Waals surface area (Å²) in [6.45, 7) is 0. The molecule has 0 radical (unpaired) electrons. The molecule has 0 bridgehead atoms. The van der Waals surface area contributed by atoms with Gasteiger partial charge in [0.1, 0.15) is 0 Å². The Morgan fingerprint density at radius 1 is 0.173 bits per heavy atom. The maximum absolute atomic E-state index is 7.45. The minimum atomic E-state index is 0.274. The lowest BCUT2D eigenvalue weighted by Gasteiger charge is -2.28. The van der Waals surface area contributed by atoms with E-state index in [1.165, 1.54) is 97.0 Å². The highest BCUT2D eigenvalue weighted by atomic mass is 35.5. The van der Waals surface area contributed by atoms with Crippen LogP contribution in [0.3, 0.4) is 0 Å². The Morgan fingerprint density at radius 2 is 0.346 bits per heavy atom. The van der Waals surface area contributed by atoms with Crippen LogP contribution >= 0.6 is 46.4 Å². The average molecular weight is 738 g/mol. The van der Waals surface area contributed by atoms with Crippen LogP contribution in [0.2, 0.25) is 20.1 Å². The van der Waals surface area contributed by atoms with Crippen molar-refractivity contribution in [2.75, 3.05) is 0 Å². The molecule has 0 aliphatic carbocycles. The molecular weight excluding hydrogens is 718 g/mol. The molecule has 13 rings (SSSR count). The molecule has 0 atom stereocenters. The van der Waals surface area contributed by atoms with Gasteiger partial charge in [0.2, 0.25) is 0 Å². The largest absolute Gasteiger partial charge is 0.0819 e. The second kappa shape index (κ2) is 9.47. The second-order valence-corrected chi connectivity index (χ2v) is 15.7. The third kappa shape index (κ3) is 3.00. The first-order valence-electron chi connectivity index (χ1n) is 17.4. The number of hydrogen-bond acceptors (Lipinski definition) is 0. The quantitative estimate of drug-likeness (QED) is 0.0629. The van der Waals surface area contributed by atoms with Gasteiger partial charge in [-0.15, -0.1) is 0 Å². The first-order valence-corrected chi connectivity index (χ1v) is 18.9. The van der Waals surface area contributed by atoms with E-state index in [1.54, 1.807) is 0 Å². The lowest BCUT2D eigenvalue weighted by molar-refractivity contribution is 1.79. The number of rotatable bonds is 0. The van der Waals surface area contributed by atoms with Gasteiger partial charge in [-0.2, -0.15) is 0 Å². The molecule has 13 aromatic rings. The summed E-state index contributed by atoms with van der Waals surface area (Å²) in [7, 11) is 0. The summed E-state index contributed by atoms with van der Waals surface area (Å²) in [5.41, 5.74) is 0. The zero-order valence-corrected chi connectivity index (χ0v) is 30.1. The topological polar surface area (TPSA) is 0 Å². The molecule has 0 amide bonds. The van der Waals surface area contributed by atoms with E-state index < -0.39 is 0 Å². The summed E-state index contributed by atoms with van der Waals surface area (Å²) in [6.07, 6.45) is 0. The number of hydrogen-bond donors (Lipinski definition) is 0. The molecule has 0 nitrogen and oxygen atoms in total. The van der Waals surface area contributed by atoms with E-state index in [2.05, 4.69) is 121 Å². The number of benzene rings is 13. The van der Waals surface area contributed by atoms with E-state index in [0.29, 0.717) is 10.0 Å². The van der Waals surface area contributed by atoms with Crippen LogP contribution in [-0.2, 0) is 0 Å². The van der Waals surface area contributed by atoms with Crippen molar-refractivity contribution >= 4 is 176 Å². The SMILES string of the molecule is Clc1c(Cl)c(Cl)c2c(c1Cl)c1c3ccccc3c3c4ccccc4c4c5ccccc5c5c6ccccc6c6c7ccccc7c2c2c6c5c4c3c12. The van der Waals surface area contributed by atoms with Crippen LogP contribution in [0.1, 0.15) is 0 Å². The van der Waals surface area contributed by atoms with Crippen molar-refractivity contribution in [1.82, 2.24) is 0 Å². The number of fused-ring (bicyclic) bond motifs is 18. The summed E-state index contributed by atoms with van der Waals surface area (Å²) >= 11 is 28.9. The van der Waals surface area contributed by atoms with Crippen molar-refractivity contribution in [3.8, 4) is 0 Å². The Hall–Kier alpha value is -5.08. The fourth-order valence-corrected chi connectivity index (χ4v) is 11.4. The van der Waals surface area contributed by atoms with E-state index in [9.17, 15) is 0 Å². The standard InChI is InChI=1S/C48H20Cl4/c49-45-43-35-29-19-9-7-17-27(29)33-25-15-5-3-13-23(25)31-21-11-1-2-12-22(21)32-24-14-4-6-16-26(24)34-28-18-8-10-20-30(28)36(44(43)46(50)48(52)47(45)51)42-40(34)38(32)37(31)39(33)41(35)42/h1-20H. The fourth-order valence-electron chi connectivity index (χ4n) is 10.4. The van der Waals surface area contributed by atoms with Gasteiger partial charge in [-0.3, -0.25) is 0 Å². The maximum atomic E-state index is 7.45. The first kappa shape index (κ1) is 28.5. The molecule has 0 aromatic heterocycles. The molecule has 240 valence electrons.